The minimum atomic E-state index is -0.316. The molecule has 0 aliphatic carbocycles. The zero-order valence-corrected chi connectivity index (χ0v) is 19.5. The van der Waals surface area contributed by atoms with Gasteiger partial charge in [0.1, 0.15) is 18.2 Å². The summed E-state index contributed by atoms with van der Waals surface area (Å²) in [7, 11) is 0. The van der Waals surface area contributed by atoms with E-state index in [9.17, 15) is 9.18 Å². The molecule has 0 radical (unpaired) electrons. The highest BCUT2D eigenvalue weighted by molar-refractivity contribution is 6.03. The van der Waals surface area contributed by atoms with Gasteiger partial charge in [-0.05, 0) is 46.0 Å². The molecule has 0 heterocycles. The summed E-state index contributed by atoms with van der Waals surface area (Å²) in [5.41, 5.74) is 5.46. The van der Waals surface area contributed by atoms with Gasteiger partial charge in [0.15, 0.2) is 0 Å². The van der Waals surface area contributed by atoms with Gasteiger partial charge in [-0.2, -0.15) is 5.10 Å². The summed E-state index contributed by atoms with van der Waals surface area (Å²) < 4.78 is 20.0. The van der Waals surface area contributed by atoms with Crippen LogP contribution in [0.4, 0.5) is 4.39 Å². The van der Waals surface area contributed by atoms with E-state index in [-0.39, 0.29) is 23.7 Å². The van der Waals surface area contributed by atoms with Crippen molar-refractivity contribution in [3.63, 3.8) is 0 Å². The van der Waals surface area contributed by atoms with E-state index in [1.165, 1.54) is 6.07 Å². The molecule has 0 bridgehead atoms. The standard InChI is InChI=1S/C29H27FN2O2/c1-29(2,3)23-15-12-21(13-16-23)28(33)32-31-18-25-24-10-6-4-8-20(24)14-17-27(25)34-19-22-9-5-7-11-26(22)30/h4-18H,19H2,1-3H3,(H,32,33)/b31-18-. The number of ether oxygens (including phenoxy) is 1. The zero-order chi connectivity index (χ0) is 24.1. The molecule has 4 nitrogen and oxygen atoms in total. The van der Waals surface area contributed by atoms with E-state index in [1.807, 2.05) is 48.5 Å². The minimum Gasteiger partial charge on any atom is -0.488 e. The van der Waals surface area contributed by atoms with E-state index in [4.69, 9.17) is 4.74 Å². The van der Waals surface area contributed by atoms with Crippen molar-refractivity contribution in [3.05, 3.63) is 113 Å². The summed E-state index contributed by atoms with van der Waals surface area (Å²) in [6, 6.07) is 25.6. The number of carbonyl (C=O) groups excluding carboxylic acids is 1. The molecular formula is C29H27FN2O2. The van der Waals surface area contributed by atoms with Crippen LogP contribution < -0.4 is 10.2 Å². The van der Waals surface area contributed by atoms with Crippen LogP contribution in [0.1, 0.15) is 47.8 Å². The van der Waals surface area contributed by atoms with E-state index >= 15 is 0 Å². The lowest BCUT2D eigenvalue weighted by molar-refractivity contribution is 0.0955. The number of benzene rings is 4. The highest BCUT2D eigenvalue weighted by Crippen LogP contribution is 2.28. The van der Waals surface area contributed by atoms with Crippen molar-refractivity contribution in [2.75, 3.05) is 0 Å². The molecule has 0 unspecified atom stereocenters. The quantitative estimate of drug-likeness (QED) is 0.263. The highest BCUT2D eigenvalue weighted by atomic mass is 19.1. The van der Waals surface area contributed by atoms with Crippen molar-refractivity contribution >= 4 is 22.9 Å². The Hall–Kier alpha value is -3.99. The molecule has 0 spiro atoms. The molecule has 0 atom stereocenters. The number of rotatable bonds is 6. The third kappa shape index (κ3) is 5.31. The summed E-state index contributed by atoms with van der Waals surface area (Å²) in [6.07, 6.45) is 1.57. The normalized spacial score (nSPS) is 11.6. The number of halogens is 1. The van der Waals surface area contributed by atoms with Crippen LogP contribution in [0.15, 0.2) is 90.0 Å². The number of hydrazone groups is 1. The van der Waals surface area contributed by atoms with E-state index in [0.29, 0.717) is 22.4 Å². The fraction of sp³-hybridized carbons (Fsp3) is 0.172. The molecule has 4 rings (SSSR count). The molecule has 0 aliphatic heterocycles. The first-order valence-electron chi connectivity index (χ1n) is 11.1. The Morgan fingerprint density at radius 3 is 2.38 bits per heavy atom. The second-order valence-electron chi connectivity index (χ2n) is 9.11. The van der Waals surface area contributed by atoms with Gasteiger partial charge < -0.3 is 4.74 Å². The van der Waals surface area contributed by atoms with Crippen molar-refractivity contribution in [1.29, 1.82) is 0 Å². The van der Waals surface area contributed by atoms with Crippen LogP contribution >= 0.6 is 0 Å². The van der Waals surface area contributed by atoms with Crippen molar-refractivity contribution < 1.29 is 13.9 Å². The number of carbonyl (C=O) groups is 1. The third-order valence-corrected chi connectivity index (χ3v) is 5.64. The summed E-state index contributed by atoms with van der Waals surface area (Å²) in [5, 5.41) is 6.12. The van der Waals surface area contributed by atoms with Gasteiger partial charge >= 0.3 is 0 Å². The highest BCUT2D eigenvalue weighted by Gasteiger charge is 2.14. The average Bonchev–Trinajstić information content (AvgIpc) is 2.83. The SMILES string of the molecule is CC(C)(C)c1ccc(C(=O)N/N=C\c2c(OCc3ccccc3F)ccc3ccccc23)cc1. The lowest BCUT2D eigenvalue weighted by atomic mass is 9.87. The van der Waals surface area contributed by atoms with Crippen molar-refractivity contribution in [3.8, 4) is 5.75 Å². The molecule has 172 valence electrons. The minimum absolute atomic E-state index is 0.0145. The lowest BCUT2D eigenvalue weighted by Crippen LogP contribution is -2.18. The van der Waals surface area contributed by atoms with Crippen molar-refractivity contribution in [1.82, 2.24) is 5.43 Å². The first-order chi connectivity index (χ1) is 16.3. The Morgan fingerprint density at radius 1 is 0.941 bits per heavy atom. The van der Waals surface area contributed by atoms with Gasteiger partial charge in [-0.1, -0.05) is 81.4 Å². The van der Waals surface area contributed by atoms with Crippen molar-refractivity contribution in [2.45, 2.75) is 32.8 Å². The number of nitrogens with one attached hydrogen (secondary N) is 1. The maximum absolute atomic E-state index is 14.0. The predicted molar refractivity (Wildman–Crippen MR) is 135 cm³/mol. The van der Waals surface area contributed by atoms with Crippen LogP contribution in [0, 0.1) is 5.82 Å². The molecule has 0 saturated heterocycles. The van der Waals surface area contributed by atoms with Gasteiger partial charge in [0, 0.05) is 16.7 Å². The largest absolute Gasteiger partial charge is 0.488 e. The smallest absolute Gasteiger partial charge is 0.271 e. The van der Waals surface area contributed by atoms with E-state index in [2.05, 4.69) is 31.3 Å². The molecule has 1 amide bonds. The Bertz CT molecular complexity index is 1340. The fourth-order valence-corrected chi connectivity index (χ4v) is 3.65. The van der Waals surface area contributed by atoms with Gasteiger partial charge in [0.25, 0.3) is 5.91 Å². The van der Waals surface area contributed by atoms with Crippen LogP contribution in [-0.4, -0.2) is 12.1 Å². The molecule has 0 fully saturated rings. The molecule has 1 N–H and O–H groups in total. The average molecular weight is 455 g/mol. The Balaban J connectivity index is 1.55. The third-order valence-electron chi connectivity index (χ3n) is 5.64. The van der Waals surface area contributed by atoms with Crippen molar-refractivity contribution in [2.24, 2.45) is 5.10 Å². The second kappa shape index (κ2) is 9.87. The monoisotopic (exact) mass is 454 g/mol. The fourth-order valence-electron chi connectivity index (χ4n) is 3.65. The maximum Gasteiger partial charge on any atom is 0.271 e. The molecule has 34 heavy (non-hydrogen) atoms. The second-order valence-corrected chi connectivity index (χ2v) is 9.11. The number of fused-ring (bicyclic) bond motifs is 1. The van der Waals surface area contributed by atoms with Crippen LogP contribution in [0.25, 0.3) is 10.8 Å². The van der Waals surface area contributed by atoms with Gasteiger partial charge in [0.2, 0.25) is 0 Å². The van der Waals surface area contributed by atoms with Gasteiger partial charge in [-0.15, -0.1) is 0 Å². The van der Waals surface area contributed by atoms with Gasteiger partial charge in [-0.3, -0.25) is 4.79 Å². The molecule has 4 aromatic rings. The summed E-state index contributed by atoms with van der Waals surface area (Å²) >= 11 is 0. The predicted octanol–water partition coefficient (Wildman–Crippen LogP) is 6.62. The van der Waals surface area contributed by atoms with Crippen LogP contribution in [0.3, 0.4) is 0 Å². The summed E-state index contributed by atoms with van der Waals surface area (Å²) in [5.74, 6) is -0.0662. The Morgan fingerprint density at radius 2 is 1.65 bits per heavy atom. The summed E-state index contributed by atoms with van der Waals surface area (Å²) in [4.78, 5) is 12.6. The van der Waals surface area contributed by atoms with Crippen LogP contribution in [0.5, 0.6) is 5.75 Å². The van der Waals surface area contributed by atoms with Gasteiger partial charge in [0.05, 0.1) is 6.21 Å². The molecule has 0 aliphatic rings. The Kier molecular flexibility index (Phi) is 6.73. The first-order valence-corrected chi connectivity index (χ1v) is 11.1. The van der Waals surface area contributed by atoms with Gasteiger partial charge in [-0.25, -0.2) is 9.82 Å². The summed E-state index contributed by atoms with van der Waals surface area (Å²) in [6.45, 7) is 6.46. The number of hydrogen-bond donors (Lipinski definition) is 1. The lowest BCUT2D eigenvalue weighted by Gasteiger charge is -2.18. The molecule has 0 saturated carbocycles. The molecule has 4 aromatic carbocycles. The van der Waals surface area contributed by atoms with E-state index in [0.717, 1.165) is 16.3 Å². The van der Waals surface area contributed by atoms with Crippen LogP contribution in [-0.2, 0) is 12.0 Å². The Labute approximate surface area is 199 Å². The first kappa shape index (κ1) is 23.2. The van der Waals surface area contributed by atoms with E-state index in [1.54, 1.807) is 36.5 Å². The zero-order valence-electron chi connectivity index (χ0n) is 19.5. The van der Waals surface area contributed by atoms with E-state index < -0.39 is 0 Å². The molecule has 5 heteroatoms. The molecule has 0 aromatic heterocycles. The topological polar surface area (TPSA) is 50.7 Å². The number of hydrogen-bond acceptors (Lipinski definition) is 3. The molecular weight excluding hydrogens is 427 g/mol. The van der Waals surface area contributed by atoms with Crippen LogP contribution in [0.2, 0.25) is 0 Å². The maximum atomic E-state index is 14.0. The number of nitrogens with zero attached hydrogens (tertiary/aromatic N) is 1. The number of amides is 1.